The molecule has 0 atom stereocenters. The number of rotatable bonds is 4. The van der Waals surface area contributed by atoms with Crippen LogP contribution in [0.1, 0.15) is 18.1 Å². The van der Waals surface area contributed by atoms with Crippen LogP contribution in [0.4, 0.5) is 5.69 Å². The van der Waals surface area contributed by atoms with Crippen molar-refractivity contribution < 1.29 is 14.3 Å². The van der Waals surface area contributed by atoms with E-state index in [9.17, 15) is 9.59 Å². The Morgan fingerprint density at radius 3 is 2.32 bits per heavy atom. The number of fused-ring (bicyclic) bond motifs is 1. The maximum Gasteiger partial charge on any atom is 0.343 e. The number of benzene rings is 2. The highest BCUT2D eigenvalue weighted by atomic mass is 16.5. The van der Waals surface area contributed by atoms with Gasteiger partial charge in [0, 0.05) is 12.2 Å². The van der Waals surface area contributed by atoms with E-state index in [4.69, 9.17) is 4.74 Å². The number of hydrogen-bond acceptors (Lipinski definition) is 4. The second-order valence-electron chi connectivity index (χ2n) is 5.77. The zero-order valence-electron chi connectivity index (χ0n) is 14.2. The van der Waals surface area contributed by atoms with Crippen LogP contribution in [0.3, 0.4) is 0 Å². The molecule has 0 saturated heterocycles. The average Bonchev–Trinajstić information content (AvgIpc) is 2.64. The van der Waals surface area contributed by atoms with Crippen LogP contribution in [0.25, 0.3) is 6.08 Å². The van der Waals surface area contributed by atoms with E-state index >= 15 is 0 Å². The van der Waals surface area contributed by atoms with Gasteiger partial charge in [-0.15, -0.1) is 0 Å². The number of ether oxygens (including phenoxy) is 1. The van der Waals surface area contributed by atoms with Crippen molar-refractivity contribution in [2.24, 2.45) is 0 Å². The summed E-state index contributed by atoms with van der Waals surface area (Å²) >= 11 is 0. The van der Waals surface area contributed by atoms with E-state index in [0.29, 0.717) is 12.2 Å². The first-order valence-corrected chi connectivity index (χ1v) is 8.04. The third kappa shape index (κ3) is 3.38. The lowest BCUT2D eigenvalue weighted by atomic mass is 10.00. The standard InChI is InChI=1S/C21H19NO3/c1-15(23)20(21(24)25-2)19-13-12-17-10-6-7-11-18(17)22(19)14-16-8-4-3-5-9-16/h3-13H,14H2,1-2H3/b20-19+. The van der Waals surface area contributed by atoms with Crippen LogP contribution in [0.15, 0.2) is 71.9 Å². The number of methoxy groups -OCH3 is 1. The highest BCUT2D eigenvalue weighted by molar-refractivity contribution is 6.18. The molecule has 0 unspecified atom stereocenters. The number of carbonyl (C=O) groups excluding carboxylic acids is 2. The zero-order chi connectivity index (χ0) is 17.8. The summed E-state index contributed by atoms with van der Waals surface area (Å²) in [6.07, 6.45) is 3.72. The molecule has 0 spiro atoms. The van der Waals surface area contributed by atoms with Gasteiger partial charge in [-0.3, -0.25) is 4.79 Å². The molecule has 0 amide bonds. The Morgan fingerprint density at radius 2 is 1.64 bits per heavy atom. The monoisotopic (exact) mass is 333 g/mol. The van der Waals surface area contributed by atoms with Gasteiger partial charge in [-0.25, -0.2) is 4.79 Å². The van der Waals surface area contributed by atoms with Gasteiger partial charge in [0.25, 0.3) is 0 Å². The number of ketones is 1. The number of carbonyl (C=O) groups is 2. The molecule has 0 fully saturated rings. The third-order valence-electron chi connectivity index (χ3n) is 4.12. The molecule has 126 valence electrons. The van der Waals surface area contributed by atoms with E-state index in [1.165, 1.54) is 14.0 Å². The molecular weight excluding hydrogens is 314 g/mol. The number of nitrogens with zero attached hydrogens (tertiary/aromatic N) is 1. The molecule has 1 heterocycles. The predicted octanol–water partition coefficient (Wildman–Crippen LogP) is 3.74. The summed E-state index contributed by atoms with van der Waals surface area (Å²) < 4.78 is 4.84. The quantitative estimate of drug-likeness (QED) is 0.370. The lowest BCUT2D eigenvalue weighted by Crippen LogP contribution is -2.29. The summed E-state index contributed by atoms with van der Waals surface area (Å²) in [6.45, 7) is 1.93. The van der Waals surface area contributed by atoms with E-state index in [-0.39, 0.29) is 11.4 Å². The number of para-hydroxylation sites is 1. The lowest BCUT2D eigenvalue weighted by molar-refractivity contribution is -0.137. The highest BCUT2D eigenvalue weighted by Crippen LogP contribution is 2.34. The van der Waals surface area contributed by atoms with E-state index in [1.54, 1.807) is 6.08 Å². The molecule has 25 heavy (non-hydrogen) atoms. The molecule has 0 aromatic heterocycles. The summed E-state index contributed by atoms with van der Waals surface area (Å²) in [5.41, 5.74) is 3.69. The smallest absolute Gasteiger partial charge is 0.343 e. The molecule has 1 aliphatic heterocycles. The van der Waals surface area contributed by atoms with E-state index in [0.717, 1.165) is 16.8 Å². The summed E-state index contributed by atoms with van der Waals surface area (Å²) in [5.74, 6) is -0.937. The third-order valence-corrected chi connectivity index (χ3v) is 4.12. The van der Waals surface area contributed by atoms with Crippen LogP contribution in [-0.4, -0.2) is 18.9 Å². The summed E-state index contributed by atoms with van der Waals surface area (Å²) in [7, 11) is 1.29. The first-order valence-electron chi connectivity index (χ1n) is 8.04. The summed E-state index contributed by atoms with van der Waals surface area (Å²) in [5, 5.41) is 0. The Labute approximate surface area is 147 Å². The minimum absolute atomic E-state index is 0.0594. The minimum Gasteiger partial charge on any atom is -0.465 e. The van der Waals surface area contributed by atoms with Crippen molar-refractivity contribution in [2.75, 3.05) is 12.0 Å². The molecule has 3 rings (SSSR count). The maximum atomic E-state index is 12.2. The van der Waals surface area contributed by atoms with Gasteiger partial charge < -0.3 is 9.64 Å². The number of Topliss-reactive ketones (excluding diaryl/α,β-unsaturated/α-hetero) is 1. The van der Waals surface area contributed by atoms with Crippen molar-refractivity contribution in [3.8, 4) is 0 Å². The van der Waals surface area contributed by atoms with Crippen LogP contribution in [0, 0.1) is 0 Å². The van der Waals surface area contributed by atoms with Gasteiger partial charge in [0.2, 0.25) is 0 Å². The van der Waals surface area contributed by atoms with Crippen molar-refractivity contribution in [3.63, 3.8) is 0 Å². The summed E-state index contributed by atoms with van der Waals surface area (Å²) in [4.78, 5) is 26.3. The molecule has 0 radical (unpaired) electrons. The van der Waals surface area contributed by atoms with Gasteiger partial charge in [-0.05, 0) is 30.2 Å². The molecule has 0 N–H and O–H groups in total. The first kappa shape index (κ1) is 16.7. The topological polar surface area (TPSA) is 46.6 Å². The molecule has 1 aliphatic rings. The van der Waals surface area contributed by atoms with Gasteiger partial charge in [0.1, 0.15) is 5.57 Å². The SMILES string of the molecule is COC(=O)/C(C(C)=O)=C1\C=Cc2ccccc2N1Cc1ccccc1. The van der Waals surface area contributed by atoms with Crippen molar-refractivity contribution >= 4 is 23.5 Å². The summed E-state index contributed by atoms with van der Waals surface area (Å²) in [6, 6.07) is 17.8. The van der Waals surface area contributed by atoms with Crippen LogP contribution < -0.4 is 4.90 Å². The number of allylic oxidation sites excluding steroid dienone is 1. The Bertz CT molecular complexity index is 866. The molecule has 4 heteroatoms. The second-order valence-corrected chi connectivity index (χ2v) is 5.77. The molecule has 0 saturated carbocycles. The molecule has 2 aromatic rings. The molecule has 2 aromatic carbocycles. The van der Waals surface area contributed by atoms with E-state index in [2.05, 4.69) is 0 Å². The zero-order valence-corrected chi connectivity index (χ0v) is 14.2. The van der Waals surface area contributed by atoms with E-state index in [1.807, 2.05) is 65.6 Å². The Hall–Kier alpha value is -3.14. The van der Waals surface area contributed by atoms with Crippen LogP contribution in [0.5, 0.6) is 0 Å². The predicted molar refractivity (Wildman–Crippen MR) is 97.8 cm³/mol. The fourth-order valence-electron chi connectivity index (χ4n) is 2.95. The first-order chi connectivity index (χ1) is 12.1. The molecular formula is C21H19NO3. The van der Waals surface area contributed by atoms with Crippen LogP contribution in [0.2, 0.25) is 0 Å². The van der Waals surface area contributed by atoms with Gasteiger partial charge in [-0.1, -0.05) is 54.6 Å². The van der Waals surface area contributed by atoms with Crippen molar-refractivity contribution in [1.29, 1.82) is 0 Å². The Balaban J connectivity index is 2.16. The largest absolute Gasteiger partial charge is 0.465 e. The second kappa shape index (κ2) is 7.18. The van der Waals surface area contributed by atoms with Crippen molar-refractivity contribution in [1.82, 2.24) is 0 Å². The van der Waals surface area contributed by atoms with Gasteiger partial charge in [0.15, 0.2) is 5.78 Å². The fraction of sp³-hybridized carbons (Fsp3) is 0.143. The number of hydrogen-bond donors (Lipinski definition) is 0. The lowest BCUT2D eigenvalue weighted by Gasteiger charge is -2.31. The highest BCUT2D eigenvalue weighted by Gasteiger charge is 2.27. The number of esters is 1. The maximum absolute atomic E-state index is 12.2. The van der Waals surface area contributed by atoms with Crippen LogP contribution in [-0.2, 0) is 20.9 Å². The molecule has 0 aliphatic carbocycles. The Kier molecular flexibility index (Phi) is 4.80. The van der Waals surface area contributed by atoms with Gasteiger partial charge in [0.05, 0.1) is 12.8 Å². The minimum atomic E-state index is -0.621. The van der Waals surface area contributed by atoms with Gasteiger partial charge >= 0.3 is 5.97 Å². The molecule has 0 bridgehead atoms. The average molecular weight is 333 g/mol. The fourth-order valence-corrected chi connectivity index (χ4v) is 2.95. The van der Waals surface area contributed by atoms with Crippen molar-refractivity contribution in [2.45, 2.75) is 13.5 Å². The number of anilines is 1. The van der Waals surface area contributed by atoms with E-state index < -0.39 is 5.97 Å². The van der Waals surface area contributed by atoms with Gasteiger partial charge in [-0.2, -0.15) is 0 Å². The normalized spacial score (nSPS) is 14.7. The van der Waals surface area contributed by atoms with Crippen molar-refractivity contribution in [3.05, 3.63) is 83.1 Å². The molecule has 4 nitrogen and oxygen atoms in total. The Morgan fingerprint density at radius 1 is 0.960 bits per heavy atom. The van der Waals surface area contributed by atoms with Crippen LogP contribution >= 0.6 is 0 Å².